The van der Waals surface area contributed by atoms with E-state index in [-0.39, 0.29) is 11.0 Å². The van der Waals surface area contributed by atoms with Gasteiger partial charge in [-0.05, 0) is 28.8 Å². The van der Waals surface area contributed by atoms with Crippen molar-refractivity contribution < 1.29 is 0 Å². The first kappa shape index (κ1) is 13.0. The summed E-state index contributed by atoms with van der Waals surface area (Å²) in [6.45, 7) is 0. The molecule has 4 heteroatoms. The lowest BCUT2D eigenvalue weighted by molar-refractivity contribution is 1.27. The highest BCUT2D eigenvalue weighted by Crippen LogP contribution is 2.46. The molecule has 2 heterocycles. The van der Waals surface area contributed by atoms with Crippen LogP contribution in [0.3, 0.4) is 0 Å². The number of rotatable bonds is 0. The first-order chi connectivity index (χ1) is 12.2. The van der Waals surface area contributed by atoms with Gasteiger partial charge in [-0.25, -0.2) is 9.97 Å². The van der Waals surface area contributed by atoms with Crippen LogP contribution in [0.1, 0.15) is 11.1 Å². The Hall–Kier alpha value is -3.40. The lowest BCUT2D eigenvalue weighted by Crippen LogP contribution is -2.02. The lowest BCUT2D eigenvalue weighted by atomic mass is 9.95. The zero-order valence-corrected chi connectivity index (χ0v) is 13.0. The topological polar surface area (TPSA) is 59.9 Å². The molecule has 0 atom stereocenters. The molecular formula is C21H10N2O2. The molecule has 3 aromatic rings. The molecule has 116 valence electrons. The van der Waals surface area contributed by atoms with E-state index in [1.54, 1.807) is 18.3 Å². The van der Waals surface area contributed by atoms with Gasteiger partial charge >= 0.3 is 0 Å². The maximum absolute atomic E-state index is 12.5. The molecule has 3 aliphatic rings. The van der Waals surface area contributed by atoms with Crippen LogP contribution < -0.4 is 11.0 Å². The quantitative estimate of drug-likeness (QED) is 0.431. The van der Waals surface area contributed by atoms with Gasteiger partial charge in [0.05, 0.1) is 22.2 Å². The van der Waals surface area contributed by atoms with Gasteiger partial charge in [-0.1, -0.05) is 30.3 Å². The second kappa shape index (κ2) is 4.16. The van der Waals surface area contributed by atoms with Crippen LogP contribution in [0.5, 0.6) is 0 Å². The molecule has 0 spiro atoms. The van der Waals surface area contributed by atoms with Crippen molar-refractivity contribution in [3.8, 4) is 22.4 Å². The number of fused-ring (bicyclic) bond motifs is 10. The van der Waals surface area contributed by atoms with E-state index in [0.29, 0.717) is 16.6 Å². The van der Waals surface area contributed by atoms with Crippen molar-refractivity contribution in [3.63, 3.8) is 0 Å². The van der Waals surface area contributed by atoms with Crippen molar-refractivity contribution in [3.05, 3.63) is 80.4 Å². The Bertz CT molecular complexity index is 1410. The molecule has 2 aromatic carbocycles. The Morgan fingerprint density at radius 2 is 1.76 bits per heavy atom. The number of hydrogen-bond acceptors (Lipinski definition) is 4. The minimum Gasteiger partial charge on any atom is -0.289 e. The van der Waals surface area contributed by atoms with Gasteiger partial charge in [-0.15, -0.1) is 0 Å². The van der Waals surface area contributed by atoms with Crippen LogP contribution in [-0.2, 0) is 6.42 Å². The third-order valence-corrected chi connectivity index (χ3v) is 5.28. The Morgan fingerprint density at radius 3 is 2.68 bits per heavy atom. The highest BCUT2D eigenvalue weighted by Gasteiger charge is 2.30. The average molecular weight is 322 g/mol. The SMILES string of the molecule is O=c1cccc2nc3c4c(c5c(=O)ncc5c3c1-2)-c1ccccc1C4. The van der Waals surface area contributed by atoms with E-state index in [1.165, 1.54) is 5.56 Å². The van der Waals surface area contributed by atoms with Gasteiger partial charge in [0.2, 0.25) is 0 Å². The summed E-state index contributed by atoms with van der Waals surface area (Å²) in [5, 5.41) is 2.13. The summed E-state index contributed by atoms with van der Waals surface area (Å²) in [6.07, 6.45) is 2.31. The fourth-order valence-electron chi connectivity index (χ4n) is 4.29. The Morgan fingerprint density at radius 1 is 0.880 bits per heavy atom. The molecule has 1 aliphatic heterocycles. The molecule has 6 rings (SSSR count). The van der Waals surface area contributed by atoms with Crippen LogP contribution in [0.15, 0.2) is 58.3 Å². The van der Waals surface area contributed by atoms with Crippen LogP contribution in [0.25, 0.3) is 44.1 Å². The third kappa shape index (κ3) is 1.43. The van der Waals surface area contributed by atoms with E-state index in [0.717, 1.165) is 39.4 Å². The first-order valence-corrected chi connectivity index (χ1v) is 8.15. The van der Waals surface area contributed by atoms with Gasteiger partial charge in [0.25, 0.3) is 5.56 Å². The van der Waals surface area contributed by atoms with Crippen molar-refractivity contribution in [2.75, 3.05) is 0 Å². The van der Waals surface area contributed by atoms with Crippen molar-refractivity contribution in [2.45, 2.75) is 6.42 Å². The van der Waals surface area contributed by atoms with Gasteiger partial charge in [-0.2, -0.15) is 0 Å². The standard InChI is InChI=1S/C21H10N2O2/c24-15-7-3-6-14-19(15)17-13-9-22-21(25)18(13)16-11-5-2-1-4-10(11)8-12(16)20(17)23-14/h1-7,9H,8H2. The summed E-state index contributed by atoms with van der Waals surface area (Å²) in [5.74, 6) is 0. The van der Waals surface area contributed by atoms with Gasteiger partial charge in [0.1, 0.15) is 0 Å². The smallest absolute Gasteiger partial charge is 0.278 e. The monoisotopic (exact) mass is 322 g/mol. The molecule has 0 N–H and O–H groups in total. The Balaban J connectivity index is 1.97. The molecule has 0 saturated heterocycles. The fraction of sp³-hybridized carbons (Fsp3) is 0.0476. The van der Waals surface area contributed by atoms with Crippen molar-refractivity contribution in [1.29, 1.82) is 0 Å². The number of aromatic nitrogens is 2. The normalized spacial score (nSPS) is 13.0. The largest absolute Gasteiger partial charge is 0.289 e. The molecule has 0 saturated carbocycles. The predicted molar refractivity (Wildman–Crippen MR) is 96.8 cm³/mol. The summed E-state index contributed by atoms with van der Waals surface area (Å²) in [4.78, 5) is 33.8. The van der Waals surface area contributed by atoms with E-state index in [4.69, 9.17) is 4.98 Å². The van der Waals surface area contributed by atoms with Crippen LogP contribution in [0.2, 0.25) is 0 Å². The number of nitrogens with zero attached hydrogens (tertiary/aromatic N) is 2. The zero-order valence-electron chi connectivity index (χ0n) is 13.0. The summed E-state index contributed by atoms with van der Waals surface area (Å²) in [7, 11) is 0. The van der Waals surface area contributed by atoms with Gasteiger partial charge in [0, 0.05) is 29.0 Å². The third-order valence-electron chi connectivity index (χ3n) is 5.28. The molecule has 0 radical (unpaired) electrons. The van der Waals surface area contributed by atoms with Gasteiger partial charge in [0.15, 0.2) is 5.43 Å². The second-order valence-corrected chi connectivity index (χ2v) is 6.53. The first-order valence-electron chi connectivity index (χ1n) is 8.15. The number of hydrogen-bond donors (Lipinski definition) is 0. The maximum atomic E-state index is 12.5. The van der Waals surface area contributed by atoms with Gasteiger partial charge in [-0.3, -0.25) is 9.59 Å². The van der Waals surface area contributed by atoms with E-state index in [9.17, 15) is 9.59 Å². The molecule has 0 bridgehead atoms. The molecule has 4 nitrogen and oxygen atoms in total. The highest BCUT2D eigenvalue weighted by molar-refractivity contribution is 6.21. The molecule has 2 aliphatic carbocycles. The predicted octanol–water partition coefficient (Wildman–Crippen LogP) is 3.06. The molecule has 0 amide bonds. The maximum Gasteiger partial charge on any atom is 0.278 e. The molecule has 0 fully saturated rings. The van der Waals surface area contributed by atoms with E-state index < -0.39 is 0 Å². The van der Waals surface area contributed by atoms with E-state index in [1.807, 2.05) is 24.3 Å². The minimum atomic E-state index is -0.234. The zero-order chi connectivity index (χ0) is 16.7. The van der Waals surface area contributed by atoms with Gasteiger partial charge < -0.3 is 0 Å². The summed E-state index contributed by atoms with van der Waals surface area (Å²) in [6, 6.07) is 13.2. The van der Waals surface area contributed by atoms with Crippen LogP contribution in [0.4, 0.5) is 0 Å². The van der Waals surface area contributed by atoms with Crippen LogP contribution >= 0.6 is 0 Å². The molecule has 0 unspecified atom stereocenters. The Kier molecular flexibility index (Phi) is 2.16. The lowest BCUT2D eigenvalue weighted by Gasteiger charge is -2.05. The fourth-order valence-corrected chi connectivity index (χ4v) is 4.29. The highest BCUT2D eigenvalue weighted by atomic mass is 16.1. The Labute approximate surface area is 141 Å². The van der Waals surface area contributed by atoms with Crippen molar-refractivity contribution in [1.82, 2.24) is 9.97 Å². The second-order valence-electron chi connectivity index (χ2n) is 6.53. The van der Waals surface area contributed by atoms with E-state index >= 15 is 0 Å². The molecule has 25 heavy (non-hydrogen) atoms. The van der Waals surface area contributed by atoms with Crippen LogP contribution in [-0.4, -0.2) is 9.97 Å². The average Bonchev–Trinajstić information content (AvgIpc) is 3.28. The van der Waals surface area contributed by atoms with E-state index in [2.05, 4.69) is 11.1 Å². The number of benzene rings is 3. The molecular weight excluding hydrogens is 312 g/mol. The summed E-state index contributed by atoms with van der Waals surface area (Å²) in [5.41, 5.74) is 6.03. The van der Waals surface area contributed by atoms with Crippen molar-refractivity contribution >= 4 is 21.7 Å². The summed E-state index contributed by atoms with van der Waals surface area (Å²) >= 11 is 0. The minimum absolute atomic E-state index is 0.0644. The van der Waals surface area contributed by atoms with Crippen LogP contribution in [0, 0.1) is 0 Å². The summed E-state index contributed by atoms with van der Waals surface area (Å²) < 4.78 is 0. The van der Waals surface area contributed by atoms with Crippen molar-refractivity contribution in [2.24, 2.45) is 0 Å². The molecule has 1 aromatic heterocycles.